The second kappa shape index (κ2) is 11.7. The maximum atomic E-state index is 14.1. The molecule has 0 radical (unpaired) electrons. The third kappa shape index (κ3) is 4.99. The zero-order chi connectivity index (χ0) is 31.3. The van der Waals surface area contributed by atoms with Gasteiger partial charge in [0.1, 0.15) is 5.75 Å². The number of phenolic OH excluding ortho intramolecular Hbond substituents is 1. The Kier molecular flexibility index (Phi) is 7.40. The highest BCUT2D eigenvalue weighted by Gasteiger charge is 2.41. The molecule has 8 rings (SSSR count). The summed E-state index contributed by atoms with van der Waals surface area (Å²) in [6.45, 7) is 2.15. The molecule has 1 saturated heterocycles. The molecule has 0 aromatic heterocycles. The molecular formula is C39H37N3O3S. The van der Waals surface area contributed by atoms with Crippen molar-refractivity contribution in [2.75, 3.05) is 31.5 Å². The second-order valence-corrected chi connectivity index (χ2v) is 14.5. The third-order valence-corrected chi connectivity index (χ3v) is 12.0. The van der Waals surface area contributed by atoms with Gasteiger partial charge in [-0.15, -0.1) is 0 Å². The van der Waals surface area contributed by atoms with E-state index in [-0.39, 0.29) is 29.7 Å². The van der Waals surface area contributed by atoms with Gasteiger partial charge < -0.3 is 10.4 Å². The van der Waals surface area contributed by atoms with E-state index in [0.717, 1.165) is 34.0 Å². The van der Waals surface area contributed by atoms with Gasteiger partial charge in [-0.3, -0.25) is 4.90 Å². The van der Waals surface area contributed by atoms with Crippen molar-refractivity contribution in [1.82, 2.24) is 9.21 Å². The highest BCUT2D eigenvalue weighted by Crippen LogP contribution is 2.52. The van der Waals surface area contributed by atoms with Crippen LogP contribution in [0, 0.1) is 5.92 Å². The molecule has 1 fully saturated rings. The van der Waals surface area contributed by atoms with Crippen LogP contribution < -0.4 is 5.32 Å². The Morgan fingerprint density at radius 3 is 2.15 bits per heavy atom. The Bertz CT molecular complexity index is 1980. The van der Waals surface area contributed by atoms with Crippen LogP contribution in [0.3, 0.4) is 0 Å². The fraction of sp³-hybridized carbons (Fsp3) is 0.231. The first-order chi connectivity index (χ1) is 22.5. The molecule has 3 unspecified atom stereocenters. The largest absolute Gasteiger partial charge is 0.508 e. The first kappa shape index (κ1) is 29.0. The smallest absolute Gasteiger partial charge is 0.243 e. The van der Waals surface area contributed by atoms with E-state index >= 15 is 0 Å². The summed E-state index contributed by atoms with van der Waals surface area (Å²) in [4.78, 5) is 2.74. The van der Waals surface area contributed by atoms with Crippen LogP contribution in [0.5, 0.6) is 5.75 Å². The molecule has 3 atom stereocenters. The molecule has 232 valence electrons. The fourth-order valence-corrected chi connectivity index (χ4v) is 9.32. The van der Waals surface area contributed by atoms with Gasteiger partial charge in [0.2, 0.25) is 10.0 Å². The monoisotopic (exact) mass is 627 g/mol. The minimum Gasteiger partial charge on any atom is -0.508 e. The normalized spacial score (nSPS) is 21.6. The topological polar surface area (TPSA) is 72.9 Å². The highest BCUT2D eigenvalue weighted by molar-refractivity contribution is 7.89. The van der Waals surface area contributed by atoms with Crippen LogP contribution >= 0.6 is 0 Å². The Morgan fingerprint density at radius 1 is 0.761 bits per heavy atom. The SMILES string of the molecule is O=S(=O)(c1ccc2c(c1)C1C=CCC1C(c1c(O)ccc3ccccc13)N2)N1CCN(C(c2ccccc2)c2ccccc2)CC1. The van der Waals surface area contributed by atoms with E-state index in [0.29, 0.717) is 31.1 Å². The van der Waals surface area contributed by atoms with Crippen LogP contribution in [0.25, 0.3) is 10.8 Å². The predicted octanol–water partition coefficient (Wildman–Crippen LogP) is 7.47. The van der Waals surface area contributed by atoms with E-state index in [1.165, 1.54) is 11.1 Å². The van der Waals surface area contributed by atoms with Gasteiger partial charge in [0.25, 0.3) is 0 Å². The molecule has 0 spiro atoms. The van der Waals surface area contributed by atoms with E-state index in [1.807, 2.05) is 42.5 Å². The lowest BCUT2D eigenvalue weighted by molar-refractivity contribution is 0.156. The Balaban J connectivity index is 1.06. The number of nitrogens with zero attached hydrogens (tertiary/aromatic N) is 2. The van der Waals surface area contributed by atoms with Gasteiger partial charge >= 0.3 is 0 Å². The van der Waals surface area contributed by atoms with Crippen molar-refractivity contribution in [3.8, 4) is 5.75 Å². The Morgan fingerprint density at radius 2 is 1.43 bits per heavy atom. The van der Waals surface area contributed by atoms with Gasteiger partial charge in [-0.25, -0.2) is 8.42 Å². The molecule has 0 saturated carbocycles. The number of benzene rings is 5. The summed E-state index contributed by atoms with van der Waals surface area (Å²) in [6.07, 6.45) is 5.26. The number of hydrogen-bond donors (Lipinski definition) is 2. The summed E-state index contributed by atoms with van der Waals surface area (Å²) < 4.78 is 29.8. The molecule has 5 aromatic rings. The van der Waals surface area contributed by atoms with Crippen molar-refractivity contribution in [2.24, 2.45) is 5.92 Å². The molecule has 2 N–H and O–H groups in total. The van der Waals surface area contributed by atoms with Gasteiger partial charge in [-0.05, 0) is 64.1 Å². The number of rotatable bonds is 6. The van der Waals surface area contributed by atoms with E-state index in [4.69, 9.17) is 0 Å². The molecule has 7 heteroatoms. The lowest BCUT2D eigenvalue weighted by Crippen LogP contribution is -2.49. The number of allylic oxidation sites excluding steroid dienone is 2. The molecule has 2 heterocycles. The van der Waals surface area contributed by atoms with Crippen LogP contribution in [-0.2, 0) is 10.0 Å². The number of sulfonamides is 1. The second-order valence-electron chi connectivity index (χ2n) is 12.6. The molecule has 0 bridgehead atoms. The number of fused-ring (bicyclic) bond motifs is 4. The average Bonchev–Trinajstić information content (AvgIpc) is 3.60. The molecule has 1 aliphatic carbocycles. The zero-order valence-corrected chi connectivity index (χ0v) is 26.4. The Labute approximate surface area is 270 Å². The summed E-state index contributed by atoms with van der Waals surface area (Å²) in [5.41, 5.74) is 5.24. The number of phenols is 1. The van der Waals surface area contributed by atoms with Crippen molar-refractivity contribution in [1.29, 1.82) is 0 Å². The number of piperazine rings is 1. The first-order valence-electron chi connectivity index (χ1n) is 16.1. The maximum Gasteiger partial charge on any atom is 0.243 e. The maximum absolute atomic E-state index is 14.1. The number of hydrogen-bond acceptors (Lipinski definition) is 5. The molecule has 3 aliphatic rings. The molecule has 6 nitrogen and oxygen atoms in total. The highest BCUT2D eigenvalue weighted by atomic mass is 32.2. The summed E-state index contributed by atoms with van der Waals surface area (Å²) in [5, 5.41) is 16.9. The van der Waals surface area contributed by atoms with Crippen molar-refractivity contribution < 1.29 is 13.5 Å². The van der Waals surface area contributed by atoms with E-state index in [2.05, 4.69) is 83.0 Å². The van der Waals surface area contributed by atoms with Crippen molar-refractivity contribution in [3.63, 3.8) is 0 Å². The van der Waals surface area contributed by atoms with E-state index < -0.39 is 10.0 Å². The summed E-state index contributed by atoms with van der Waals surface area (Å²) in [7, 11) is -3.69. The van der Waals surface area contributed by atoms with Gasteiger partial charge in [0.05, 0.1) is 17.0 Å². The van der Waals surface area contributed by atoms with Crippen molar-refractivity contribution in [3.05, 3.63) is 150 Å². The molecule has 2 aliphatic heterocycles. The number of aromatic hydroxyl groups is 1. The number of nitrogens with one attached hydrogen (secondary N) is 1. The van der Waals surface area contributed by atoms with Crippen LogP contribution in [0.15, 0.2) is 132 Å². The van der Waals surface area contributed by atoms with Gasteiger partial charge in [-0.2, -0.15) is 4.31 Å². The lowest BCUT2D eigenvalue weighted by atomic mass is 9.76. The molecular weight excluding hydrogens is 591 g/mol. The van der Waals surface area contributed by atoms with Crippen LogP contribution in [0.4, 0.5) is 5.69 Å². The van der Waals surface area contributed by atoms with Gasteiger partial charge in [0, 0.05) is 43.3 Å². The fourth-order valence-electron chi connectivity index (χ4n) is 7.87. The van der Waals surface area contributed by atoms with E-state index in [1.54, 1.807) is 16.4 Å². The van der Waals surface area contributed by atoms with Crippen molar-refractivity contribution >= 4 is 26.5 Å². The summed E-state index contributed by atoms with van der Waals surface area (Å²) in [5.74, 6) is 0.508. The summed E-state index contributed by atoms with van der Waals surface area (Å²) in [6, 6.07) is 38.3. The minimum absolute atomic E-state index is 0.0594. The zero-order valence-electron chi connectivity index (χ0n) is 25.5. The van der Waals surface area contributed by atoms with Crippen LogP contribution in [0.1, 0.15) is 46.7 Å². The quantitative estimate of drug-likeness (QED) is 0.191. The molecule has 0 amide bonds. The first-order valence-corrected chi connectivity index (χ1v) is 17.5. The third-order valence-electron chi connectivity index (χ3n) is 10.1. The lowest BCUT2D eigenvalue weighted by Gasteiger charge is -2.40. The van der Waals surface area contributed by atoms with Crippen molar-refractivity contribution in [2.45, 2.75) is 29.3 Å². The van der Waals surface area contributed by atoms with Gasteiger partial charge in [0.15, 0.2) is 0 Å². The van der Waals surface area contributed by atoms with Crippen LogP contribution in [0.2, 0.25) is 0 Å². The minimum atomic E-state index is -3.69. The Hall–Kier alpha value is -4.43. The molecule has 46 heavy (non-hydrogen) atoms. The van der Waals surface area contributed by atoms with Crippen LogP contribution in [-0.4, -0.2) is 48.9 Å². The standard InChI is InChI=1S/C39H37N3O3S/c43-36-21-18-27-10-7-8-15-31(27)37(36)38-33-17-9-16-32(33)34-26-30(19-20-35(34)40-38)46(44,45)42-24-22-41(23-25-42)39(28-11-3-1-4-12-28)29-13-5-2-6-14-29/h1-16,18-21,26,32-33,38-40,43H,17,22-25H2. The predicted molar refractivity (Wildman–Crippen MR) is 183 cm³/mol. The van der Waals surface area contributed by atoms with Gasteiger partial charge in [-0.1, -0.05) is 103 Å². The summed E-state index contributed by atoms with van der Waals surface area (Å²) >= 11 is 0. The number of anilines is 1. The average molecular weight is 628 g/mol. The van der Waals surface area contributed by atoms with E-state index in [9.17, 15) is 13.5 Å². The molecule has 5 aromatic carbocycles.